The summed E-state index contributed by atoms with van der Waals surface area (Å²) in [5, 5.41) is 5.56. The van der Waals surface area contributed by atoms with Gasteiger partial charge in [0.15, 0.2) is 0 Å². The van der Waals surface area contributed by atoms with Crippen LogP contribution in [0.4, 0.5) is 4.79 Å². The van der Waals surface area contributed by atoms with Crippen LogP contribution >= 0.6 is 0 Å². The molecular weight excluding hydrogens is 402 g/mol. The van der Waals surface area contributed by atoms with Crippen LogP contribution in [0.2, 0.25) is 0 Å². The van der Waals surface area contributed by atoms with Crippen molar-refractivity contribution in [3.63, 3.8) is 0 Å². The lowest BCUT2D eigenvalue weighted by Crippen LogP contribution is -2.49. The normalized spacial score (nSPS) is 17.0. The van der Waals surface area contributed by atoms with E-state index in [1.54, 1.807) is 45.2 Å². The van der Waals surface area contributed by atoms with Gasteiger partial charge in [0.25, 0.3) is 0 Å². The molecule has 1 aliphatic rings. The maximum absolute atomic E-state index is 12.9. The monoisotopic (exact) mass is 433 g/mol. The van der Waals surface area contributed by atoms with E-state index in [0.29, 0.717) is 30.1 Å². The third-order valence-corrected chi connectivity index (χ3v) is 5.06. The predicted molar refractivity (Wildman–Crippen MR) is 114 cm³/mol. The van der Waals surface area contributed by atoms with E-state index in [1.807, 2.05) is 11.8 Å². The Kier molecular flexibility index (Phi) is 8.87. The first kappa shape index (κ1) is 24.2. The third kappa shape index (κ3) is 6.21. The van der Waals surface area contributed by atoms with Gasteiger partial charge >= 0.3 is 18.0 Å². The molecule has 2 atom stereocenters. The molecule has 0 bridgehead atoms. The number of amides is 2. The number of methoxy groups -OCH3 is 2. The first-order valence-corrected chi connectivity index (χ1v) is 10.3. The van der Waals surface area contributed by atoms with E-state index in [9.17, 15) is 14.4 Å². The molecule has 2 amide bonds. The molecule has 1 heterocycles. The second-order valence-corrected chi connectivity index (χ2v) is 7.17. The lowest BCUT2D eigenvalue weighted by atomic mass is 9.94. The average Bonchev–Trinajstić information content (AvgIpc) is 2.77. The van der Waals surface area contributed by atoms with Gasteiger partial charge in [-0.25, -0.2) is 9.59 Å². The fourth-order valence-corrected chi connectivity index (χ4v) is 3.43. The van der Waals surface area contributed by atoms with Crippen molar-refractivity contribution in [3.8, 4) is 5.75 Å². The zero-order valence-corrected chi connectivity index (χ0v) is 18.7. The maximum atomic E-state index is 12.9. The van der Waals surface area contributed by atoms with Crippen LogP contribution in [-0.2, 0) is 19.1 Å². The van der Waals surface area contributed by atoms with Gasteiger partial charge in [0, 0.05) is 18.8 Å². The van der Waals surface area contributed by atoms with E-state index in [0.717, 1.165) is 5.56 Å². The summed E-state index contributed by atoms with van der Waals surface area (Å²) in [6, 6.07) is 6.03. The van der Waals surface area contributed by atoms with Gasteiger partial charge in [0.2, 0.25) is 0 Å². The number of esters is 2. The molecule has 170 valence electrons. The largest absolute Gasteiger partial charge is 0.497 e. The molecule has 1 aromatic rings. The summed E-state index contributed by atoms with van der Waals surface area (Å²) in [7, 11) is 2.92. The minimum absolute atomic E-state index is 0.204. The van der Waals surface area contributed by atoms with Crippen LogP contribution in [0.1, 0.15) is 32.4 Å². The summed E-state index contributed by atoms with van der Waals surface area (Å²) in [5.41, 5.74) is 1.50. The molecule has 0 spiro atoms. The molecule has 1 aromatic carbocycles. The Labute approximate surface area is 182 Å². The van der Waals surface area contributed by atoms with Crippen LogP contribution < -0.4 is 15.4 Å². The molecule has 0 saturated carbocycles. The van der Waals surface area contributed by atoms with Crippen LogP contribution in [0.25, 0.3) is 0 Å². The molecule has 0 saturated heterocycles. The molecule has 0 radical (unpaired) electrons. The number of hydrogen-bond donors (Lipinski definition) is 2. The smallest absolute Gasteiger partial charge is 0.338 e. The van der Waals surface area contributed by atoms with Gasteiger partial charge in [-0.3, -0.25) is 9.69 Å². The van der Waals surface area contributed by atoms with E-state index in [4.69, 9.17) is 14.2 Å². The lowest BCUT2D eigenvalue weighted by molar-refractivity contribution is -0.145. The fraction of sp³-hybridized carbons (Fsp3) is 0.500. The highest BCUT2D eigenvalue weighted by atomic mass is 16.5. The molecule has 1 aliphatic heterocycles. The van der Waals surface area contributed by atoms with Crippen molar-refractivity contribution in [1.29, 1.82) is 0 Å². The SMILES string of the molecule is CCOC(=O)C1=C(CN(CC)CC(C)C(=O)OC)NC(=O)NC1c1ccc(OC)cc1. The van der Waals surface area contributed by atoms with Gasteiger partial charge in [-0.1, -0.05) is 26.0 Å². The molecule has 0 fully saturated rings. The van der Waals surface area contributed by atoms with Crippen LogP contribution in [0.3, 0.4) is 0 Å². The zero-order valence-electron chi connectivity index (χ0n) is 18.7. The van der Waals surface area contributed by atoms with Crippen LogP contribution in [-0.4, -0.2) is 63.3 Å². The highest BCUT2D eigenvalue weighted by Crippen LogP contribution is 2.29. The fourth-order valence-electron chi connectivity index (χ4n) is 3.43. The number of urea groups is 1. The molecule has 9 nitrogen and oxygen atoms in total. The molecule has 0 aromatic heterocycles. The molecule has 31 heavy (non-hydrogen) atoms. The van der Waals surface area contributed by atoms with Crippen molar-refractivity contribution in [1.82, 2.24) is 15.5 Å². The minimum Gasteiger partial charge on any atom is -0.497 e. The van der Waals surface area contributed by atoms with Gasteiger partial charge in [0.05, 0.1) is 38.4 Å². The number of nitrogens with one attached hydrogen (secondary N) is 2. The van der Waals surface area contributed by atoms with E-state index in [-0.39, 0.29) is 25.0 Å². The number of rotatable bonds is 10. The van der Waals surface area contributed by atoms with Gasteiger partial charge in [0.1, 0.15) is 5.75 Å². The zero-order chi connectivity index (χ0) is 23.0. The van der Waals surface area contributed by atoms with Gasteiger partial charge in [-0.15, -0.1) is 0 Å². The number of benzene rings is 1. The van der Waals surface area contributed by atoms with E-state index in [1.165, 1.54) is 7.11 Å². The summed E-state index contributed by atoms with van der Waals surface area (Å²) in [5.74, 6) is -0.516. The Morgan fingerprint density at radius 2 is 1.84 bits per heavy atom. The molecule has 2 N–H and O–H groups in total. The summed E-state index contributed by atoms with van der Waals surface area (Å²) >= 11 is 0. The molecule has 2 rings (SSSR count). The highest BCUT2D eigenvalue weighted by molar-refractivity contribution is 5.95. The van der Waals surface area contributed by atoms with E-state index < -0.39 is 18.0 Å². The van der Waals surface area contributed by atoms with E-state index in [2.05, 4.69) is 10.6 Å². The Morgan fingerprint density at radius 1 is 1.16 bits per heavy atom. The number of likely N-dealkylation sites (N-methyl/N-ethyl adjacent to an activating group) is 1. The predicted octanol–water partition coefficient (Wildman–Crippen LogP) is 2.00. The molecule has 9 heteroatoms. The van der Waals surface area contributed by atoms with Crippen molar-refractivity contribution in [3.05, 3.63) is 41.1 Å². The van der Waals surface area contributed by atoms with Crippen LogP contribution in [0, 0.1) is 5.92 Å². The summed E-state index contributed by atoms with van der Waals surface area (Å²) in [4.78, 5) is 39.1. The number of ether oxygens (including phenoxy) is 3. The Bertz CT molecular complexity index is 821. The van der Waals surface area contributed by atoms with Gasteiger partial charge in [-0.05, 0) is 31.2 Å². The van der Waals surface area contributed by atoms with Crippen molar-refractivity contribution in [2.75, 3.05) is 40.5 Å². The van der Waals surface area contributed by atoms with Crippen LogP contribution in [0.5, 0.6) is 5.75 Å². The standard InChI is InChI=1S/C22H31N3O6/c1-6-25(12-14(3)20(26)30-5)13-17-18(21(27)31-7-2)19(24-22(28)23-17)15-8-10-16(29-4)11-9-15/h8-11,14,19H,6-7,12-13H2,1-5H3,(H2,23,24,28). The number of nitrogens with zero attached hydrogens (tertiary/aromatic N) is 1. The number of carbonyl (C=O) groups is 3. The molecular formula is C22H31N3O6. The topological polar surface area (TPSA) is 106 Å². The average molecular weight is 434 g/mol. The second-order valence-electron chi connectivity index (χ2n) is 7.17. The summed E-state index contributed by atoms with van der Waals surface area (Å²) in [6.07, 6.45) is 0. The molecule has 0 aliphatic carbocycles. The van der Waals surface area contributed by atoms with Crippen molar-refractivity contribution in [2.24, 2.45) is 5.92 Å². The Hall–Kier alpha value is -3.07. The first-order chi connectivity index (χ1) is 14.8. The Balaban J connectivity index is 2.42. The lowest BCUT2D eigenvalue weighted by Gasteiger charge is -2.32. The minimum atomic E-state index is -0.676. The first-order valence-electron chi connectivity index (χ1n) is 10.3. The summed E-state index contributed by atoms with van der Waals surface area (Å²) in [6.45, 7) is 6.94. The van der Waals surface area contributed by atoms with E-state index >= 15 is 0 Å². The van der Waals surface area contributed by atoms with Gasteiger partial charge in [-0.2, -0.15) is 0 Å². The Morgan fingerprint density at radius 3 is 2.39 bits per heavy atom. The number of carbonyl (C=O) groups excluding carboxylic acids is 3. The maximum Gasteiger partial charge on any atom is 0.338 e. The highest BCUT2D eigenvalue weighted by Gasteiger charge is 2.34. The second kappa shape index (κ2) is 11.4. The van der Waals surface area contributed by atoms with Crippen molar-refractivity contribution >= 4 is 18.0 Å². The molecule has 2 unspecified atom stereocenters. The summed E-state index contributed by atoms with van der Waals surface area (Å²) < 4.78 is 15.3. The van der Waals surface area contributed by atoms with Crippen molar-refractivity contribution in [2.45, 2.75) is 26.8 Å². The quantitative estimate of drug-likeness (QED) is 0.544. The van der Waals surface area contributed by atoms with Gasteiger partial charge < -0.3 is 24.8 Å². The van der Waals surface area contributed by atoms with Crippen LogP contribution in [0.15, 0.2) is 35.5 Å². The van der Waals surface area contributed by atoms with Crippen molar-refractivity contribution < 1.29 is 28.6 Å². The number of hydrogen-bond acceptors (Lipinski definition) is 7. The third-order valence-electron chi connectivity index (χ3n) is 5.06.